The molecule has 0 saturated heterocycles. The second kappa shape index (κ2) is 4.84. The number of hydrogen-bond acceptors (Lipinski definition) is 1. The largest absolute Gasteiger partial charge is 0.294 e. The fraction of sp³-hybridized carbons (Fsp3) is 0.350. The molecule has 1 saturated carbocycles. The van der Waals surface area contributed by atoms with Crippen molar-refractivity contribution in [1.29, 1.82) is 0 Å². The Hall–Kier alpha value is -1.89. The molecule has 2 aliphatic carbocycles. The van der Waals surface area contributed by atoms with Crippen LogP contribution in [-0.4, -0.2) is 5.78 Å². The van der Waals surface area contributed by atoms with Crippen molar-refractivity contribution >= 4 is 16.6 Å². The number of Topliss-reactive ketones (excluding diaryl/α,β-unsaturated/α-hetero) is 1. The minimum atomic E-state index is 0.309. The zero-order chi connectivity index (χ0) is 14.4. The summed E-state index contributed by atoms with van der Waals surface area (Å²) in [6.45, 7) is 2.10. The normalized spacial score (nSPS) is 26.6. The number of ketones is 1. The highest BCUT2D eigenvalue weighted by Crippen LogP contribution is 2.45. The van der Waals surface area contributed by atoms with E-state index >= 15 is 0 Å². The van der Waals surface area contributed by atoms with E-state index in [0.717, 1.165) is 11.5 Å². The van der Waals surface area contributed by atoms with Crippen molar-refractivity contribution in [3.63, 3.8) is 0 Å². The van der Waals surface area contributed by atoms with Crippen LogP contribution in [0.2, 0.25) is 0 Å². The third kappa shape index (κ3) is 2.31. The second-order valence-corrected chi connectivity index (χ2v) is 6.73. The third-order valence-electron chi connectivity index (χ3n) is 5.18. The Kier molecular flexibility index (Phi) is 2.95. The summed E-state index contributed by atoms with van der Waals surface area (Å²) in [6, 6.07) is 12.5. The van der Waals surface area contributed by atoms with E-state index in [2.05, 4.69) is 49.4 Å². The van der Waals surface area contributed by atoms with Gasteiger partial charge in [-0.25, -0.2) is 0 Å². The van der Waals surface area contributed by atoms with Crippen molar-refractivity contribution in [1.82, 2.24) is 0 Å². The SMILES string of the molecule is Cc1ccc2cc(C(=O)CC3CC4C=CC3C4)ccc2c1. The van der Waals surface area contributed by atoms with Gasteiger partial charge in [-0.2, -0.15) is 0 Å². The number of rotatable bonds is 3. The van der Waals surface area contributed by atoms with Gasteiger partial charge in [-0.05, 0) is 54.4 Å². The van der Waals surface area contributed by atoms with Crippen LogP contribution in [0.1, 0.15) is 35.2 Å². The Morgan fingerprint density at radius 1 is 1.05 bits per heavy atom. The molecule has 0 spiro atoms. The molecule has 21 heavy (non-hydrogen) atoms. The molecule has 0 aliphatic heterocycles. The molecule has 0 N–H and O–H groups in total. The van der Waals surface area contributed by atoms with Crippen molar-refractivity contribution in [2.75, 3.05) is 0 Å². The van der Waals surface area contributed by atoms with Gasteiger partial charge in [-0.3, -0.25) is 4.79 Å². The zero-order valence-corrected chi connectivity index (χ0v) is 12.4. The summed E-state index contributed by atoms with van der Waals surface area (Å²) >= 11 is 0. The van der Waals surface area contributed by atoms with Gasteiger partial charge in [0, 0.05) is 12.0 Å². The molecule has 106 valence electrons. The average molecular weight is 276 g/mol. The Morgan fingerprint density at radius 3 is 2.62 bits per heavy atom. The maximum Gasteiger partial charge on any atom is 0.163 e. The summed E-state index contributed by atoms with van der Waals surface area (Å²) in [5.41, 5.74) is 2.13. The first-order valence-corrected chi connectivity index (χ1v) is 7.91. The third-order valence-corrected chi connectivity index (χ3v) is 5.18. The molecule has 3 unspecified atom stereocenters. The van der Waals surface area contributed by atoms with Gasteiger partial charge in [-0.1, -0.05) is 48.0 Å². The van der Waals surface area contributed by atoms with Crippen LogP contribution in [0.4, 0.5) is 0 Å². The fourth-order valence-corrected chi connectivity index (χ4v) is 4.02. The van der Waals surface area contributed by atoms with Gasteiger partial charge in [0.1, 0.15) is 0 Å². The summed E-state index contributed by atoms with van der Waals surface area (Å²) in [6.07, 6.45) is 7.86. The minimum Gasteiger partial charge on any atom is -0.294 e. The van der Waals surface area contributed by atoms with Crippen LogP contribution in [0.25, 0.3) is 10.8 Å². The highest BCUT2D eigenvalue weighted by molar-refractivity contribution is 6.00. The first-order valence-electron chi connectivity index (χ1n) is 7.91. The topological polar surface area (TPSA) is 17.1 Å². The lowest BCUT2D eigenvalue weighted by atomic mass is 9.87. The number of fused-ring (bicyclic) bond motifs is 3. The van der Waals surface area contributed by atoms with Crippen molar-refractivity contribution in [2.45, 2.75) is 26.2 Å². The molecule has 0 aromatic heterocycles. The number of carbonyl (C=O) groups is 1. The first-order chi connectivity index (χ1) is 10.2. The van der Waals surface area contributed by atoms with Crippen molar-refractivity contribution in [3.05, 3.63) is 59.7 Å². The van der Waals surface area contributed by atoms with E-state index < -0.39 is 0 Å². The molecule has 2 aromatic rings. The predicted molar refractivity (Wildman–Crippen MR) is 86.5 cm³/mol. The van der Waals surface area contributed by atoms with Gasteiger partial charge in [0.15, 0.2) is 5.78 Å². The quantitative estimate of drug-likeness (QED) is 0.573. The summed E-state index contributed by atoms with van der Waals surface area (Å²) in [7, 11) is 0. The highest BCUT2D eigenvalue weighted by atomic mass is 16.1. The van der Waals surface area contributed by atoms with Crippen molar-refractivity contribution in [3.8, 4) is 0 Å². The Morgan fingerprint density at radius 2 is 1.86 bits per heavy atom. The van der Waals surface area contributed by atoms with Crippen LogP contribution in [0.3, 0.4) is 0 Å². The highest BCUT2D eigenvalue weighted by Gasteiger charge is 2.36. The smallest absolute Gasteiger partial charge is 0.163 e. The molecule has 1 fully saturated rings. The Bertz CT molecular complexity index is 741. The van der Waals surface area contributed by atoms with Crippen LogP contribution in [0.5, 0.6) is 0 Å². The van der Waals surface area contributed by atoms with Gasteiger partial charge >= 0.3 is 0 Å². The summed E-state index contributed by atoms with van der Waals surface area (Å²) in [4.78, 5) is 12.6. The second-order valence-electron chi connectivity index (χ2n) is 6.73. The number of hydrogen-bond donors (Lipinski definition) is 0. The molecule has 4 rings (SSSR count). The number of carbonyl (C=O) groups excluding carboxylic acids is 1. The lowest BCUT2D eigenvalue weighted by Crippen LogP contribution is -2.13. The molecule has 2 aromatic carbocycles. The van der Waals surface area contributed by atoms with Crippen LogP contribution >= 0.6 is 0 Å². The first kappa shape index (κ1) is 12.8. The number of benzene rings is 2. The van der Waals surface area contributed by atoms with Crippen LogP contribution in [0, 0.1) is 24.7 Å². The summed E-state index contributed by atoms with van der Waals surface area (Å²) < 4.78 is 0. The van der Waals surface area contributed by atoms with Gasteiger partial charge < -0.3 is 0 Å². The standard InChI is InChI=1S/C20H20O/c1-13-2-4-17-11-18(7-6-15(17)8-13)20(21)12-19-10-14-3-5-16(19)9-14/h2-8,11,14,16,19H,9-10,12H2,1H3. The van der Waals surface area contributed by atoms with E-state index in [1.165, 1.54) is 29.2 Å². The van der Waals surface area contributed by atoms with E-state index in [-0.39, 0.29) is 0 Å². The van der Waals surface area contributed by atoms with E-state index in [1.807, 2.05) is 6.07 Å². The monoisotopic (exact) mass is 276 g/mol. The van der Waals surface area contributed by atoms with E-state index in [1.54, 1.807) is 0 Å². The molecule has 3 atom stereocenters. The Labute approximate surface area is 125 Å². The maximum absolute atomic E-state index is 12.6. The van der Waals surface area contributed by atoms with E-state index in [0.29, 0.717) is 24.0 Å². The lowest BCUT2D eigenvalue weighted by Gasteiger charge is -2.17. The average Bonchev–Trinajstić information content (AvgIpc) is 3.09. The summed E-state index contributed by atoms with van der Waals surface area (Å²) in [5, 5.41) is 2.38. The predicted octanol–water partition coefficient (Wildman–Crippen LogP) is 4.93. The number of aryl methyl sites for hydroxylation is 1. The summed E-state index contributed by atoms with van der Waals surface area (Å²) in [5.74, 6) is 2.28. The van der Waals surface area contributed by atoms with Gasteiger partial charge in [0.05, 0.1) is 0 Å². The molecular weight excluding hydrogens is 256 g/mol. The molecule has 2 bridgehead atoms. The van der Waals surface area contributed by atoms with Crippen LogP contribution in [-0.2, 0) is 0 Å². The maximum atomic E-state index is 12.6. The molecule has 2 aliphatic rings. The van der Waals surface area contributed by atoms with Gasteiger partial charge in [0.25, 0.3) is 0 Å². The van der Waals surface area contributed by atoms with Crippen LogP contribution < -0.4 is 0 Å². The van der Waals surface area contributed by atoms with E-state index in [4.69, 9.17) is 0 Å². The molecular formula is C20H20O. The van der Waals surface area contributed by atoms with Crippen molar-refractivity contribution in [2.24, 2.45) is 17.8 Å². The molecule has 0 heterocycles. The molecule has 0 amide bonds. The number of allylic oxidation sites excluding steroid dienone is 2. The molecule has 1 nitrogen and oxygen atoms in total. The van der Waals surface area contributed by atoms with Gasteiger partial charge in [0.2, 0.25) is 0 Å². The van der Waals surface area contributed by atoms with E-state index in [9.17, 15) is 4.79 Å². The minimum absolute atomic E-state index is 0.309. The van der Waals surface area contributed by atoms with Gasteiger partial charge in [-0.15, -0.1) is 0 Å². The zero-order valence-electron chi connectivity index (χ0n) is 12.4. The fourth-order valence-electron chi connectivity index (χ4n) is 4.02. The van der Waals surface area contributed by atoms with Crippen LogP contribution in [0.15, 0.2) is 48.6 Å². The van der Waals surface area contributed by atoms with Crippen molar-refractivity contribution < 1.29 is 4.79 Å². The lowest BCUT2D eigenvalue weighted by molar-refractivity contribution is 0.0954. The molecule has 1 heteroatoms. The molecule has 0 radical (unpaired) electrons. The Balaban J connectivity index is 1.56.